The highest BCUT2D eigenvalue weighted by atomic mass is 127. The van der Waals surface area contributed by atoms with Crippen LogP contribution in [0.5, 0.6) is 0 Å². The van der Waals surface area contributed by atoms with Gasteiger partial charge in [0.1, 0.15) is 10.8 Å². The van der Waals surface area contributed by atoms with Crippen molar-refractivity contribution in [1.29, 1.82) is 0 Å². The Kier molecular flexibility index (Phi) is 9.70. The van der Waals surface area contributed by atoms with Crippen LogP contribution < -0.4 is 10.6 Å². The number of hydrogen-bond acceptors (Lipinski definition) is 4. The Bertz CT molecular complexity index is 935. The molecule has 2 aromatic heterocycles. The number of nitrogens with one attached hydrogen (secondary N) is 2. The maximum atomic E-state index is 13.1. The van der Waals surface area contributed by atoms with Gasteiger partial charge in [-0.1, -0.05) is 13.8 Å². The molecule has 0 atom stereocenters. The van der Waals surface area contributed by atoms with Gasteiger partial charge in [-0.2, -0.15) is 5.10 Å². The average molecular weight is 542 g/mol. The van der Waals surface area contributed by atoms with Gasteiger partial charge in [-0.25, -0.2) is 19.0 Å². The fourth-order valence-corrected chi connectivity index (χ4v) is 3.57. The molecule has 0 fully saturated rings. The molecule has 6 nitrogen and oxygen atoms in total. The molecule has 0 aliphatic carbocycles. The third kappa shape index (κ3) is 7.05. The number of hydrogen-bond donors (Lipinski definition) is 2. The Balaban J connectivity index is 0.00000320. The maximum absolute atomic E-state index is 13.1. The largest absolute Gasteiger partial charge is 0.357 e. The van der Waals surface area contributed by atoms with Crippen LogP contribution in [0.4, 0.5) is 4.39 Å². The van der Waals surface area contributed by atoms with Crippen molar-refractivity contribution in [3.05, 3.63) is 64.1 Å². The van der Waals surface area contributed by atoms with Gasteiger partial charge in [-0.3, -0.25) is 0 Å². The van der Waals surface area contributed by atoms with Gasteiger partial charge in [0.05, 0.1) is 23.6 Å². The molecule has 0 aliphatic heterocycles. The normalized spacial score (nSPS) is 11.4. The minimum Gasteiger partial charge on any atom is -0.357 e. The zero-order valence-corrected chi connectivity index (χ0v) is 20.6. The van der Waals surface area contributed by atoms with E-state index in [4.69, 9.17) is 0 Å². The first kappa shape index (κ1) is 24.3. The number of rotatable bonds is 8. The zero-order valence-electron chi connectivity index (χ0n) is 17.4. The first-order valence-corrected chi connectivity index (χ1v) is 10.7. The van der Waals surface area contributed by atoms with Crippen molar-refractivity contribution < 1.29 is 4.39 Å². The summed E-state index contributed by atoms with van der Waals surface area (Å²) in [5, 5.41) is 14.3. The van der Waals surface area contributed by atoms with Crippen LogP contribution in [0.3, 0.4) is 0 Å². The van der Waals surface area contributed by atoms with E-state index < -0.39 is 0 Å². The number of nitrogens with zero attached hydrogens (tertiary/aromatic N) is 4. The Morgan fingerprint density at radius 2 is 1.97 bits per heavy atom. The van der Waals surface area contributed by atoms with Crippen LogP contribution >= 0.6 is 35.3 Å². The molecule has 162 valence electrons. The second kappa shape index (κ2) is 12.0. The van der Waals surface area contributed by atoms with Gasteiger partial charge in [0.25, 0.3) is 0 Å². The van der Waals surface area contributed by atoms with E-state index >= 15 is 0 Å². The Hall–Kier alpha value is -2.01. The van der Waals surface area contributed by atoms with Gasteiger partial charge < -0.3 is 10.6 Å². The summed E-state index contributed by atoms with van der Waals surface area (Å²) < 4.78 is 14.8. The molecule has 3 rings (SSSR count). The highest BCUT2D eigenvalue weighted by Gasteiger charge is 2.06. The number of halogens is 2. The summed E-state index contributed by atoms with van der Waals surface area (Å²) in [5.41, 5.74) is 2.92. The molecule has 0 radical (unpaired) electrons. The van der Waals surface area contributed by atoms with Crippen molar-refractivity contribution in [2.75, 3.05) is 13.1 Å². The molecule has 0 unspecified atom stereocenters. The van der Waals surface area contributed by atoms with Crippen LogP contribution in [0, 0.1) is 5.82 Å². The predicted molar refractivity (Wildman–Crippen MR) is 132 cm³/mol. The standard InChI is InChI=1S/C21H27FN6S.HI/c1-4-23-21(25-13-20-26-19(14-29-20)15(2)3)24-11-9-17-10-12-28(27-17)18-7-5-16(22)6-8-18;/h5-8,10,12,14-15H,4,9,11,13H2,1-3H3,(H2,23,24,25);1H. The van der Waals surface area contributed by atoms with E-state index in [0.717, 1.165) is 41.0 Å². The van der Waals surface area contributed by atoms with Gasteiger partial charge in [0.2, 0.25) is 0 Å². The zero-order chi connectivity index (χ0) is 20.6. The Morgan fingerprint density at radius 3 is 2.63 bits per heavy atom. The summed E-state index contributed by atoms with van der Waals surface area (Å²) in [5.74, 6) is 0.954. The third-order valence-corrected chi connectivity index (χ3v) is 5.14. The van der Waals surface area contributed by atoms with Crippen molar-refractivity contribution in [3.63, 3.8) is 0 Å². The second-order valence-corrected chi connectivity index (χ2v) is 7.86. The maximum Gasteiger partial charge on any atom is 0.191 e. The summed E-state index contributed by atoms with van der Waals surface area (Å²) >= 11 is 1.65. The Morgan fingerprint density at radius 1 is 1.20 bits per heavy atom. The fourth-order valence-electron chi connectivity index (χ4n) is 2.69. The fraction of sp³-hybridized carbons (Fsp3) is 0.381. The first-order chi connectivity index (χ1) is 14.0. The lowest BCUT2D eigenvalue weighted by Gasteiger charge is -2.10. The topological polar surface area (TPSA) is 67.1 Å². The van der Waals surface area contributed by atoms with Gasteiger partial charge >= 0.3 is 0 Å². The molecule has 2 heterocycles. The molecule has 1 aromatic carbocycles. The number of aliphatic imine (C=N–C) groups is 1. The van der Waals surface area contributed by atoms with Crippen molar-refractivity contribution >= 4 is 41.3 Å². The molecule has 30 heavy (non-hydrogen) atoms. The molecule has 9 heteroatoms. The van der Waals surface area contributed by atoms with E-state index in [1.54, 1.807) is 28.2 Å². The lowest BCUT2D eigenvalue weighted by atomic mass is 10.2. The quantitative estimate of drug-likeness (QED) is 0.250. The van der Waals surface area contributed by atoms with E-state index in [-0.39, 0.29) is 29.8 Å². The monoisotopic (exact) mass is 542 g/mol. The average Bonchev–Trinajstić information content (AvgIpc) is 3.36. The SMILES string of the molecule is CCNC(=NCc1nc(C(C)C)cs1)NCCc1ccn(-c2ccc(F)cc2)n1.I. The van der Waals surface area contributed by atoms with Crippen LogP contribution in [-0.2, 0) is 13.0 Å². The lowest BCUT2D eigenvalue weighted by Crippen LogP contribution is -2.38. The van der Waals surface area contributed by atoms with Crippen LogP contribution in [-0.4, -0.2) is 33.8 Å². The van der Waals surface area contributed by atoms with Gasteiger partial charge in [0, 0.05) is 31.1 Å². The van der Waals surface area contributed by atoms with Crippen molar-refractivity contribution in [2.24, 2.45) is 4.99 Å². The van der Waals surface area contributed by atoms with Crippen molar-refractivity contribution in [2.45, 2.75) is 39.7 Å². The molecular weight excluding hydrogens is 514 g/mol. The molecular formula is C21H28FIN6S. The molecule has 0 amide bonds. The third-order valence-electron chi connectivity index (χ3n) is 4.29. The van der Waals surface area contributed by atoms with E-state index in [2.05, 4.69) is 44.9 Å². The van der Waals surface area contributed by atoms with E-state index in [0.29, 0.717) is 19.0 Å². The first-order valence-electron chi connectivity index (χ1n) is 9.82. The van der Waals surface area contributed by atoms with E-state index in [1.807, 2.05) is 19.2 Å². The molecule has 0 bridgehead atoms. The summed E-state index contributed by atoms with van der Waals surface area (Å²) in [6.07, 6.45) is 2.64. The smallest absolute Gasteiger partial charge is 0.191 e. The molecule has 0 spiro atoms. The van der Waals surface area contributed by atoms with Crippen molar-refractivity contribution in [1.82, 2.24) is 25.4 Å². The molecule has 0 saturated heterocycles. The summed E-state index contributed by atoms with van der Waals surface area (Å²) in [6, 6.07) is 8.26. The highest BCUT2D eigenvalue weighted by molar-refractivity contribution is 14.0. The van der Waals surface area contributed by atoms with E-state index in [9.17, 15) is 4.39 Å². The Labute approximate surface area is 198 Å². The van der Waals surface area contributed by atoms with Crippen LogP contribution in [0.2, 0.25) is 0 Å². The summed E-state index contributed by atoms with van der Waals surface area (Å²) in [7, 11) is 0. The minimum absolute atomic E-state index is 0. The van der Waals surface area contributed by atoms with Crippen LogP contribution in [0.25, 0.3) is 5.69 Å². The molecule has 2 N–H and O–H groups in total. The number of thiazole rings is 1. The van der Waals surface area contributed by atoms with Crippen LogP contribution in [0.15, 0.2) is 46.9 Å². The van der Waals surface area contributed by atoms with Crippen molar-refractivity contribution in [3.8, 4) is 5.69 Å². The predicted octanol–water partition coefficient (Wildman–Crippen LogP) is 4.51. The van der Waals surface area contributed by atoms with Crippen LogP contribution in [0.1, 0.15) is 43.1 Å². The van der Waals surface area contributed by atoms with Gasteiger partial charge in [0.15, 0.2) is 5.96 Å². The highest BCUT2D eigenvalue weighted by Crippen LogP contribution is 2.18. The lowest BCUT2D eigenvalue weighted by molar-refractivity contribution is 0.627. The molecule has 3 aromatic rings. The number of aromatic nitrogens is 3. The number of guanidine groups is 1. The number of benzene rings is 1. The van der Waals surface area contributed by atoms with Gasteiger partial charge in [-0.05, 0) is 43.2 Å². The summed E-state index contributed by atoms with van der Waals surface area (Å²) in [6.45, 7) is 8.39. The molecule has 0 aliphatic rings. The minimum atomic E-state index is -0.251. The second-order valence-electron chi connectivity index (χ2n) is 6.92. The van der Waals surface area contributed by atoms with Gasteiger partial charge in [-0.15, -0.1) is 35.3 Å². The molecule has 0 saturated carbocycles. The van der Waals surface area contributed by atoms with E-state index in [1.165, 1.54) is 12.1 Å². The summed E-state index contributed by atoms with van der Waals surface area (Å²) in [4.78, 5) is 9.26.